The van der Waals surface area contributed by atoms with Crippen LogP contribution in [0, 0.1) is 18.6 Å². The predicted octanol–water partition coefficient (Wildman–Crippen LogP) is 4.04. The molecule has 1 aromatic carbocycles. The van der Waals surface area contributed by atoms with Crippen LogP contribution >= 0.6 is 22.9 Å². The lowest BCUT2D eigenvalue weighted by molar-refractivity contribution is 0.577. The van der Waals surface area contributed by atoms with E-state index >= 15 is 0 Å². The number of benzene rings is 1. The van der Waals surface area contributed by atoms with E-state index in [1.807, 2.05) is 12.3 Å². The molecule has 0 amide bonds. The van der Waals surface area contributed by atoms with Gasteiger partial charge in [-0.1, -0.05) is 11.6 Å². The predicted molar refractivity (Wildman–Crippen MR) is 66.5 cm³/mol. The number of thiophene rings is 1. The van der Waals surface area contributed by atoms with Crippen molar-refractivity contribution in [3.05, 3.63) is 56.2 Å². The minimum atomic E-state index is -0.639. The Kier molecular flexibility index (Phi) is 3.47. The highest BCUT2D eigenvalue weighted by molar-refractivity contribution is 7.10. The monoisotopic (exact) mass is 273 g/mol. The quantitative estimate of drug-likeness (QED) is 0.878. The van der Waals surface area contributed by atoms with Crippen molar-refractivity contribution >= 4 is 22.9 Å². The van der Waals surface area contributed by atoms with Crippen LogP contribution in [0.25, 0.3) is 0 Å². The van der Waals surface area contributed by atoms with E-state index in [0.29, 0.717) is 15.5 Å². The smallest absolute Gasteiger partial charge is 0.126 e. The Hall–Kier alpha value is -0.970. The SMILES string of the molecule is Cc1csc(C(N)c2cc(F)cc(F)c2)c1Cl. The summed E-state index contributed by atoms with van der Waals surface area (Å²) >= 11 is 7.47. The average molecular weight is 274 g/mol. The van der Waals surface area contributed by atoms with Gasteiger partial charge in [0.05, 0.1) is 11.1 Å². The van der Waals surface area contributed by atoms with E-state index in [2.05, 4.69) is 0 Å². The maximum atomic E-state index is 13.1. The van der Waals surface area contributed by atoms with Crippen LogP contribution in [-0.2, 0) is 0 Å². The van der Waals surface area contributed by atoms with Gasteiger partial charge in [-0.25, -0.2) is 8.78 Å². The van der Waals surface area contributed by atoms with E-state index in [1.54, 1.807) is 0 Å². The Morgan fingerprint density at radius 3 is 2.29 bits per heavy atom. The van der Waals surface area contributed by atoms with Gasteiger partial charge in [-0.2, -0.15) is 0 Å². The molecule has 1 aromatic heterocycles. The standard InChI is InChI=1S/C12H10ClF2NS/c1-6-5-17-12(10(6)13)11(16)7-2-8(14)4-9(15)3-7/h2-5,11H,16H2,1H3. The van der Waals surface area contributed by atoms with Gasteiger partial charge in [-0.3, -0.25) is 0 Å². The van der Waals surface area contributed by atoms with E-state index < -0.39 is 17.7 Å². The molecule has 5 heteroatoms. The number of hydrogen-bond acceptors (Lipinski definition) is 2. The Morgan fingerprint density at radius 2 is 1.82 bits per heavy atom. The molecule has 0 spiro atoms. The van der Waals surface area contributed by atoms with E-state index in [0.717, 1.165) is 11.6 Å². The normalized spacial score (nSPS) is 12.8. The molecule has 0 aliphatic heterocycles. The molecule has 1 atom stereocenters. The van der Waals surface area contributed by atoms with Crippen LogP contribution in [0.3, 0.4) is 0 Å². The van der Waals surface area contributed by atoms with Crippen LogP contribution in [0.4, 0.5) is 8.78 Å². The average Bonchev–Trinajstić information content (AvgIpc) is 2.57. The topological polar surface area (TPSA) is 26.0 Å². The molecule has 0 radical (unpaired) electrons. The molecule has 2 N–H and O–H groups in total. The Labute approximate surface area is 107 Å². The maximum absolute atomic E-state index is 13.1. The molecule has 2 rings (SSSR count). The second kappa shape index (κ2) is 4.72. The summed E-state index contributed by atoms with van der Waals surface area (Å²) in [6.45, 7) is 1.86. The molecule has 0 aliphatic carbocycles. The summed E-state index contributed by atoms with van der Waals surface area (Å²) in [7, 11) is 0. The lowest BCUT2D eigenvalue weighted by Gasteiger charge is -2.11. The summed E-state index contributed by atoms with van der Waals surface area (Å²) in [5, 5.41) is 2.43. The molecule has 17 heavy (non-hydrogen) atoms. The second-order valence-electron chi connectivity index (χ2n) is 3.78. The van der Waals surface area contributed by atoms with Gasteiger partial charge in [0.1, 0.15) is 11.6 Å². The molecule has 2 aromatic rings. The molecular formula is C12H10ClF2NS. The first kappa shape index (κ1) is 12.5. The Morgan fingerprint density at radius 1 is 1.24 bits per heavy atom. The highest BCUT2D eigenvalue weighted by Gasteiger charge is 2.17. The fourth-order valence-corrected chi connectivity index (χ4v) is 2.90. The van der Waals surface area contributed by atoms with Crippen molar-refractivity contribution in [2.24, 2.45) is 5.73 Å². The van der Waals surface area contributed by atoms with Crippen LogP contribution in [0.5, 0.6) is 0 Å². The van der Waals surface area contributed by atoms with Crippen LogP contribution in [0.1, 0.15) is 22.0 Å². The number of hydrogen-bond donors (Lipinski definition) is 1. The minimum Gasteiger partial charge on any atom is -0.320 e. The Balaban J connectivity index is 2.43. The van der Waals surface area contributed by atoms with Crippen LogP contribution in [0.2, 0.25) is 5.02 Å². The van der Waals surface area contributed by atoms with Crippen molar-refractivity contribution in [3.8, 4) is 0 Å². The molecular weight excluding hydrogens is 264 g/mol. The molecule has 0 aliphatic rings. The zero-order valence-electron chi connectivity index (χ0n) is 9.01. The Bertz CT molecular complexity index is 533. The van der Waals surface area contributed by atoms with Gasteiger partial charge in [0.2, 0.25) is 0 Å². The van der Waals surface area contributed by atoms with Crippen molar-refractivity contribution in [1.82, 2.24) is 0 Å². The zero-order valence-corrected chi connectivity index (χ0v) is 10.6. The summed E-state index contributed by atoms with van der Waals surface area (Å²) < 4.78 is 26.2. The van der Waals surface area contributed by atoms with E-state index in [4.69, 9.17) is 17.3 Å². The van der Waals surface area contributed by atoms with Gasteiger partial charge in [-0.15, -0.1) is 11.3 Å². The molecule has 0 saturated heterocycles. The van der Waals surface area contributed by atoms with Crippen molar-refractivity contribution in [2.45, 2.75) is 13.0 Å². The van der Waals surface area contributed by atoms with Gasteiger partial charge in [0, 0.05) is 10.9 Å². The number of aryl methyl sites for hydroxylation is 1. The zero-order chi connectivity index (χ0) is 12.6. The minimum absolute atomic E-state index is 0.381. The van der Waals surface area contributed by atoms with Crippen molar-refractivity contribution < 1.29 is 8.78 Å². The van der Waals surface area contributed by atoms with Crippen molar-refractivity contribution in [1.29, 1.82) is 0 Å². The summed E-state index contributed by atoms with van der Waals surface area (Å²) in [5.41, 5.74) is 7.26. The molecule has 1 unspecified atom stereocenters. The van der Waals surface area contributed by atoms with Crippen molar-refractivity contribution in [2.75, 3.05) is 0 Å². The third-order valence-electron chi connectivity index (χ3n) is 2.45. The summed E-state index contributed by atoms with van der Waals surface area (Å²) in [6.07, 6.45) is 0. The molecule has 1 heterocycles. The summed E-state index contributed by atoms with van der Waals surface area (Å²) in [6, 6.07) is 2.65. The second-order valence-corrected chi connectivity index (χ2v) is 5.07. The molecule has 0 bridgehead atoms. The van der Waals surface area contributed by atoms with Crippen molar-refractivity contribution in [3.63, 3.8) is 0 Å². The molecule has 1 nitrogen and oxygen atoms in total. The fourth-order valence-electron chi connectivity index (χ4n) is 1.57. The number of rotatable bonds is 2. The van der Waals surface area contributed by atoms with Gasteiger partial charge in [-0.05, 0) is 35.6 Å². The van der Waals surface area contributed by atoms with E-state index in [1.165, 1.54) is 23.5 Å². The highest BCUT2D eigenvalue weighted by atomic mass is 35.5. The largest absolute Gasteiger partial charge is 0.320 e. The van der Waals surface area contributed by atoms with E-state index in [-0.39, 0.29) is 0 Å². The third kappa shape index (κ3) is 2.49. The number of nitrogens with two attached hydrogens (primary N) is 1. The van der Waals surface area contributed by atoms with E-state index in [9.17, 15) is 8.78 Å². The third-order valence-corrected chi connectivity index (χ3v) is 4.25. The molecule has 90 valence electrons. The summed E-state index contributed by atoms with van der Waals surface area (Å²) in [4.78, 5) is 0.717. The van der Waals surface area contributed by atoms with Crippen LogP contribution in [-0.4, -0.2) is 0 Å². The van der Waals surface area contributed by atoms with Gasteiger partial charge in [0.15, 0.2) is 0 Å². The molecule has 0 saturated carbocycles. The van der Waals surface area contributed by atoms with Gasteiger partial charge < -0.3 is 5.73 Å². The lowest BCUT2D eigenvalue weighted by atomic mass is 10.1. The fraction of sp³-hybridized carbons (Fsp3) is 0.167. The molecule has 0 fully saturated rings. The number of halogens is 3. The van der Waals surface area contributed by atoms with Gasteiger partial charge >= 0.3 is 0 Å². The van der Waals surface area contributed by atoms with Gasteiger partial charge in [0.25, 0.3) is 0 Å². The highest BCUT2D eigenvalue weighted by Crippen LogP contribution is 2.34. The first-order valence-corrected chi connectivity index (χ1v) is 6.20. The van der Waals surface area contributed by atoms with Crippen LogP contribution < -0.4 is 5.73 Å². The first-order valence-electron chi connectivity index (χ1n) is 4.94. The summed E-state index contributed by atoms with van der Waals surface area (Å²) in [5.74, 6) is -1.28. The lowest BCUT2D eigenvalue weighted by Crippen LogP contribution is -2.11. The first-order chi connectivity index (χ1) is 7.99. The van der Waals surface area contributed by atoms with Crippen LogP contribution in [0.15, 0.2) is 23.6 Å². The maximum Gasteiger partial charge on any atom is 0.126 e.